The number of H-pyrrole nitrogens is 1. The topological polar surface area (TPSA) is 96.7 Å². The molecular formula is C18H25N3O4. The molecule has 136 valence electrons. The van der Waals surface area contributed by atoms with Gasteiger partial charge < -0.3 is 9.84 Å². The first-order valence-electron chi connectivity index (χ1n) is 9.00. The van der Waals surface area contributed by atoms with E-state index >= 15 is 0 Å². The first kappa shape index (κ1) is 17.7. The van der Waals surface area contributed by atoms with Crippen LogP contribution in [0.5, 0.6) is 5.88 Å². The van der Waals surface area contributed by atoms with Crippen molar-refractivity contribution in [1.82, 2.24) is 9.55 Å². The summed E-state index contributed by atoms with van der Waals surface area (Å²) < 4.78 is 6.69. The Bertz CT molecular complexity index is 770. The van der Waals surface area contributed by atoms with E-state index in [-0.39, 0.29) is 17.5 Å². The first-order valence-corrected chi connectivity index (χ1v) is 9.00. The number of hydrogen-bond acceptors (Lipinski definition) is 5. The summed E-state index contributed by atoms with van der Waals surface area (Å²) in [5.74, 6) is -0.318. The predicted octanol–water partition coefficient (Wildman–Crippen LogP) is 1.73. The van der Waals surface area contributed by atoms with Gasteiger partial charge in [0.2, 0.25) is 5.88 Å². The van der Waals surface area contributed by atoms with E-state index in [1.54, 1.807) is 0 Å². The molecule has 1 aliphatic heterocycles. The molecule has 1 aromatic rings. The highest BCUT2D eigenvalue weighted by Crippen LogP contribution is 2.21. The summed E-state index contributed by atoms with van der Waals surface area (Å²) in [4.78, 5) is 30.5. The molecule has 0 radical (unpaired) electrons. The van der Waals surface area contributed by atoms with Gasteiger partial charge in [-0.15, -0.1) is 0 Å². The lowest BCUT2D eigenvalue weighted by atomic mass is 9.97. The van der Waals surface area contributed by atoms with Crippen molar-refractivity contribution >= 4 is 6.21 Å². The van der Waals surface area contributed by atoms with Crippen molar-refractivity contribution in [3.05, 3.63) is 38.1 Å². The van der Waals surface area contributed by atoms with Gasteiger partial charge in [0, 0.05) is 19.4 Å². The number of aromatic amines is 1. The zero-order valence-corrected chi connectivity index (χ0v) is 14.4. The minimum absolute atomic E-state index is 0.0234. The van der Waals surface area contributed by atoms with Crippen LogP contribution in [0.4, 0.5) is 0 Å². The number of aliphatic imine (C=N–C) groups is 1. The van der Waals surface area contributed by atoms with Crippen LogP contribution in [0.1, 0.15) is 50.5 Å². The summed E-state index contributed by atoms with van der Waals surface area (Å²) in [5, 5.41) is 10.4. The van der Waals surface area contributed by atoms with Crippen molar-refractivity contribution in [2.45, 2.75) is 57.6 Å². The Morgan fingerprint density at radius 2 is 2.24 bits per heavy atom. The molecule has 1 atom stereocenters. The molecule has 3 rings (SSSR count). The van der Waals surface area contributed by atoms with E-state index in [1.807, 2.05) is 0 Å². The van der Waals surface area contributed by atoms with Crippen molar-refractivity contribution in [3.63, 3.8) is 0 Å². The maximum absolute atomic E-state index is 12.0. The zero-order valence-electron chi connectivity index (χ0n) is 14.4. The number of hydrogen-bond donors (Lipinski definition) is 2. The van der Waals surface area contributed by atoms with Crippen LogP contribution in [0, 0.1) is 0 Å². The summed E-state index contributed by atoms with van der Waals surface area (Å²) in [6.45, 7) is 1.54. The minimum Gasteiger partial charge on any atom is -0.494 e. The van der Waals surface area contributed by atoms with Crippen LogP contribution in [0.25, 0.3) is 0 Å². The SMILES string of the molecule is O=c1[nH]c(=O)n(CCC2=CCCCC2)c(O)c1C=NC[C@@H]1CCCO1. The Labute approximate surface area is 146 Å². The van der Waals surface area contributed by atoms with Gasteiger partial charge in [-0.3, -0.25) is 19.3 Å². The number of rotatable bonds is 6. The van der Waals surface area contributed by atoms with Crippen LogP contribution in [-0.4, -0.2) is 40.1 Å². The van der Waals surface area contributed by atoms with Gasteiger partial charge in [0.25, 0.3) is 5.56 Å². The number of allylic oxidation sites excluding steroid dienone is 2. The molecule has 0 saturated carbocycles. The van der Waals surface area contributed by atoms with Gasteiger partial charge in [0.15, 0.2) is 0 Å². The van der Waals surface area contributed by atoms with Crippen LogP contribution >= 0.6 is 0 Å². The molecule has 1 fully saturated rings. The quantitative estimate of drug-likeness (QED) is 0.605. The minimum atomic E-state index is -0.619. The second-order valence-corrected chi connectivity index (χ2v) is 6.64. The average molecular weight is 347 g/mol. The summed E-state index contributed by atoms with van der Waals surface area (Å²) in [7, 11) is 0. The van der Waals surface area contributed by atoms with Gasteiger partial charge in [0.05, 0.1) is 12.6 Å². The Morgan fingerprint density at radius 1 is 1.36 bits per heavy atom. The largest absolute Gasteiger partial charge is 0.494 e. The number of aromatic nitrogens is 2. The van der Waals surface area contributed by atoms with E-state index in [0.717, 1.165) is 32.3 Å². The molecule has 1 saturated heterocycles. The lowest BCUT2D eigenvalue weighted by molar-refractivity contribution is 0.118. The number of nitrogens with zero attached hydrogens (tertiary/aromatic N) is 2. The third-order valence-electron chi connectivity index (χ3n) is 4.80. The maximum atomic E-state index is 12.0. The highest BCUT2D eigenvalue weighted by molar-refractivity contribution is 5.81. The Morgan fingerprint density at radius 3 is 2.96 bits per heavy atom. The molecular weight excluding hydrogens is 322 g/mol. The van der Waals surface area contributed by atoms with E-state index in [4.69, 9.17) is 4.74 Å². The fourth-order valence-electron chi connectivity index (χ4n) is 3.34. The third-order valence-corrected chi connectivity index (χ3v) is 4.80. The van der Waals surface area contributed by atoms with E-state index < -0.39 is 11.2 Å². The maximum Gasteiger partial charge on any atom is 0.331 e. The van der Waals surface area contributed by atoms with Crippen molar-refractivity contribution < 1.29 is 9.84 Å². The highest BCUT2D eigenvalue weighted by atomic mass is 16.5. The molecule has 0 unspecified atom stereocenters. The van der Waals surface area contributed by atoms with Gasteiger partial charge in [-0.05, 0) is 44.9 Å². The summed E-state index contributed by atoms with van der Waals surface area (Å²) in [6.07, 6.45) is 10.8. The standard InChI is InChI=1S/C18H25N3O4/c22-16-15(12-19-11-14-7-4-10-25-14)17(23)21(18(24)20-16)9-8-13-5-2-1-3-6-13/h5,12,14,23H,1-4,6-11H2,(H,20,22,24)/t14-/m0/s1. The van der Waals surface area contributed by atoms with Gasteiger partial charge in [0.1, 0.15) is 5.56 Å². The van der Waals surface area contributed by atoms with E-state index in [9.17, 15) is 14.7 Å². The van der Waals surface area contributed by atoms with Gasteiger partial charge in [-0.25, -0.2) is 4.79 Å². The van der Waals surface area contributed by atoms with E-state index in [0.29, 0.717) is 19.5 Å². The molecule has 0 aromatic carbocycles. The second-order valence-electron chi connectivity index (χ2n) is 6.64. The fourth-order valence-corrected chi connectivity index (χ4v) is 3.34. The monoisotopic (exact) mass is 347 g/mol. The van der Waals surface area contributed by atoms with Crippen molar-refractivity contribution in [2.75, 3.05) is 13.2 Å². The molecule has 1 aliphatic carbocycles. The van der Waals surface area contributed by atoms with Crippen LogP contribution in [0.2, 0.25) is 0 Å². The van der Waals surface area contributed by atoms with Crippen molar-refractivity contribution in [1.29, 1.82) is 0 Å². The van der Waals surface area contributed by atoms with Gasteiger partial charge in [-0.1, -0.05) is 11.6 Å². The summed E-state index contributed by atoms with van der Waals surface area (Å²) >= 11 is 0. The summed E-state index contributed by atoms with van der Waals surface area (Å²) in [6, 6.07) is 0. The van der Waals surface area contributed by atoms with Crippen LogP contribution in [-0.2, 0) is 11.3 Å². The molecule has 0 bridgehead atoms. The first-order chi connectivity index (χ1) is 12.1. The van der Waals surface area contributed by atoms with Gasteiger partial charge in [-0.2, -0.15) is 0 Å². The lowest BCUT2D eigenvalue weighted by Crippen LogP contribution is -2.32. The van der Waals surface area contributed by atoms with E-state index in [2.05, 4.69) is 16.1 Å². The van der Waals surface area contributed by atoms with Crippen LogP contribution < -0.4 is 11.2 Å². The molecule has 0 spiro atoms. The molecule has 0 amide bonds. The van der Waals surface area contributed by atoms with E-state index in [1.165, 1.54) is 29.2 Å². The highest BCUT2D eigenvalue weighted by Gasteiger charge is 2.16. The normalized spacial score (nSPS) is 21.0. The second kappa shape index (κ2) is 8.29. The average Bonchev–Trinajstić information content (AvgIpc) is 3.12. The lowest BCUT2D eigenvalue weighted by Gasteiger charge is -2.14. The smallest absolute Gasteiger partial charge is 0.331 e. The predicted molar refractivity (Wildman–Crippen MR) is 95.6 cm³/mol. The molecule has 1 aromatic heterocycles. The molecule has 7 nitrogen and oxygen atoms in total. The van der Waals surface area contributed by atoms with Crippen molar-refractivity contribution in [2.24, 2.45) is 4.99 Å². The van der Waals surface area contributed by atoms with Crippen molar-refractivity contribution in [3.8, 4) is 5.88 Å². The number of ether oxygens (including phenoxy) is 1. The molecule has 2 N–H and O–H groups in total. The summed E-state index contributed by atoms with van der Waals surface area (Å²) in [5.41, 5.74) is 0.120. The molecule has 25 heavy (non-hydrogen) atoms. The molecule has 7 heteroatoms. The zero-order chi connectivity index (χ0) is 17.6. The number of aromatic hydroxyl groups is 1. The third kappa shape index (κ3) is 4.48. The molecule has 2 aliphatic rings. The Kier molecular flexibility index (Phi) is 5.86. The Balaban J connectivity index is 1.74. The molecule has 2 heterocycles. The fraction of sp³-hybridized carbons (Fsp3) is 0.611. The van der Waals surface area contributed by atoms with Gasteiger partial charge >= 0.3 is 5.69 Å². The van der Waals surface area contributed by atoms with Crippen LogP contribution in [0.3, 0.4) is 0 Å². The Hall–Kier alpha value is -2.15. The number of nitrogens with one attached hydrogen (secondary N) is 1. The van der Waals surface area contributed by atoms with Crippen LogP contribution in [0.15, 0.2) is 26.2 Å².